The number of hydrogen-bond acceptors (Lipinski definition) is 0. The summed E-state index contributed by atoms with van der Waals surface area (Å²) in [5, 5.41) is 4.82. The smallest absolute Gasteiger partial charge is 0.0327 e. The molecule has 0 nitrogen and oxygen atoms in total. The summed E-state index contributed by atoms with van der Waals surface area (Å²) in [5.41, 5.74) is 2.10. The van der Waals surface area contributed by atoms with E-state index in [1.54, 1.807) is 0 Å². The van der Waals surface area contributed by atoms with Gasteiger partial charge < -0.3 is 0 Å². The maximum absolute atomic E-state index is 3.31. The number of benzene rings is 4. The van der Waals surface area contributed by atoms with Gasteiger partial charge in [0, 0.05) is 11.1 Å². The molecule has 0 bridgehead atoms. The van der Waals surface area contributed by atoms with Gasteiger partial charge >= 0.3 is 0 Å². The second-order valence-corrected chi connectivity index (χ2v) is 5.26. The molecule has 22 heavy (non-hydrogen) atoms. The Hall–Kier alpha value is -3.04. The predicted octanol–water partition coefficient (Wildman–Crippen LogP) is 5.19. The highest BCUT2D eigenvalue weighted by molar-refractivity contribution is 5.88. The van der Waals surface area contributed by atoms with E-state index in [0.29, 0.717) is 0 Å². The zero-order valence-corrected chi connectivity index (χ0v) is 12.0. The van der Waals surface area contributed by atoms with Gasteiger partial charge in [0.05, 0.1) is 0 Å². The Morgan fingerprint density at radius 1 is 0.682 bits per heavy atom. The van der Waals surface area contributed by atoms with Gasteiger partial charge in [-0.05, 0) is 51.9 Å². The van der Waals surface area contributed by atoms with Gasteiger partial charge in [-0.15, -0.1) is 0 Å². The molecule has 101 valence electrons. The molecule has 0 amide bonds. The zero-order valence-electron chi connectivity index (χ0n) is 12.0. The molecule has 0 unspecified atom stereocenters. The van der Waals surface area contributed by atoms with Crippen LogP contribution in [0.15, 0.2) is 78.9 Å². The first kappa shape index (κ1) is 12.7. The number of hydrogen-bond donors (Lipinski definition) is 0. The zero-order chi connectivity index (χ0) is 14.8. The van der Waals surface area contributed by atoms with Crippen LogP contribution in [-0.2, 0) is 0 Å². The fraction of sp³-hybridized carbons (Fsp3) is 0. The van der Waals surface area contributed by atoms with E-state index in [1.807, 2.05) is 12.1 Å². The van der Waals surface area contributed by atoms with E-state index < -0.39 is 0 Å². The van der Waals surface area contributed by atoms with Crippen molar-refractivity contribution in [3.8, 4) is 11.8 Å². The summed E-state index contributed by atoms with van der Waals surface area (Å²) in [6.07, 6.45) is 0. The molecule has 0 aliphatic rings. The largest absolute Gasteiger partial charge is 0.0616 e. The van der Waals surface area contributed by atoms with E-state index in [4.69, 9.17) is 0 Å². The molecule has 4 aromatic carbocycles. The molecule has 0 atom stereocenters. The van der Waals surface area contributed by atoms with Crippen molar-refractivity contribution in [3.63, 3.8) is 0 Å². The molecule has 0 N–H and O–H groups in total. The average molecular weight is 277 g/mol. The Balaban J connectivity index is 1.80. The third kappa shape index (κ3) is 2.34. The van der Waals surface area contributed by atoms with Gasteiger partial charge in [0.15, 0.2) is 0 Å². The lowest BCUT2D eigenvalue weighted by Crippen LogP contribution is -1.80. The molecule has 0 heteroatoms. The van der Waals surface area contributed by atoms with Gasteiger partial charge in [0.2, 0.25) is 0 Å². The Bertz CT molecular complexity index is 1020. The summed E-state index contributed by atoms with van der Waals surface area (Å²) in [5.74, 6) is 6.60. The van der Waals surface area contributed by atoms with Gasteiger partial charge in [-0.3, -0.25) is 0 Å². The molecule has 1 radical (unpaired) electrons. The Morgan fingerprint density at radius 2 is 1.59 bits per heavy atom. The summed E-state index contributed by atoms with van der Waals surface area (Å²) >= 11 is 0. The molecule has 4 rings (SSSR count). The Morgan fingerprint density at radius 3 is 2.59 bits per heavy atom. The van der Waals surface area contributed by atoms with E-state index in [0.717, 1.165) is 11.1 Å². The normalized spacial score (nSPS) is 10.4. The maximum atomic E-state index is 3.31. The molecule has 4 aromatic rings. The van der Waals surface area contributed by atoms with Crippen LogP contribution in [0.4, 0.5) is 0 Å². The van der Waals surface area contributed by atoms with Crippen LogP contribution < -0.4 is 0 Å². The van der Waals surface area contributed by atoms with Gasteiger partial charge in [0.25, 0.3) is 0 Å². The summed E-state index contributed by atoms with van der Waals surface area (Å²) in [7, 11) is 0. The summed E-state index contributed by atoms with van der Waals surface area (Å²) in [6.45, 7) is 0. The lowest BCUT2D eigenvalue weighted by atomic mass is 10.0. The Labute approximate surface area is 130 Å². The highest BCUT2D eigenvalue weighted by Gasteiger charge is 1.97. The maximum Gasteiger partial charge on any atom is 0.0327 e. The van der Waals surface area contributed by atoms with Crippen LogP contribution in [0.2, 0.25) is 0 Å². The molecule has 0 saturated carbocycles. The van der Waals surface area contributed by atoms with Crippen LogP contribution in [0.5, 0.6) is 0 Å². The first-order valence-electron chi connectivity index (χ1n) is 7.30. The number of rotatable bonds is 0. The van der Waals surface area contributed by atoms with Crippen molar-refractivity contribution in [1.29, 1.82) is 0 Å². The highest BCUT2D eigenvalue weighted by Crippen LogP contribution is 2.18. The molecule has 0 aliphatic heterocycles. The van der Waals surface area contributed by atoms with Crippen molar-refractivity contribution in [2.24, 2.45) is 0 Å². The SMILES string of the molecule is C(#Cc1cccc2ccccc12)c1ccc2c[c]ccc2c1. The van der Waals surface area contributed by atoms with Crippen molar-refractivity contribution >= 4 is 21.5 Å². The first-order valence-corrected chi connectivity index (χ1v) is 7.30. The van der Waals surface area contributed by atoms with Crippen LogP contribution in [0.1, 0.15) is 11.1 Å². The summed E-state index contributed by atoms with van der Waals surface area (Å²) in [4.78, 5) is 0. The third-order valence-corrected chi connectivity index (χ3v) is 3.82. The molecule has 0 fully saturated rings. The van der Waals surface area contributed by atoms with Crippen molar-refractivity contribution < 1.29 is 0 Å². The predicted molar refractivity (Wildman–Crippen MR) is 92.7 cm³/mol. The molecule has 0 saturated heterocycles. The minimum Gasteiger partial charge on any atom is -0.0616 e. The van der Waals surface area contributed by atoms with Crippen molar-refractivity contribution in [2.75, 3.05) is 0 Å². The first-order chi connectivity index (χ1) is 10.9. The second kappa shape index (κ2) is 5.39. The molecule has 0 aliphatic carbocycles. The van der Waals surface area contributed by atoms with E-state index in [9.17, 15) is 0 Å². The summed E-state index contributed by atoms with van der Waals surface area (Å²) in [6, 6.07) is 30.0. The van der Waals surface area contributed by atoms with E-state index in [-0.39, 0.29) is 0 Å². The van der Waals surface area contributed by atoms with Crippen LogP contribution in [0.25, 0.3) is 21.5 Å². The average Bonchev–Trinajstić information content (AvgIpc) is 2.60. The van der Waals surface area contributed by atoms with Gasteiger partial charge in [0.1, 0.15) is 0 Å². The second-order valence-electron chi connectivity index (χ2n) is 5.26. The van der Waals surface area contributed by atoms with Crippen molar-refractivity contribution in [1.82, 2.24) is 0 Å². The number of fused-ring (bicyclic) bond motifs is 2. The molecule has 0 spiro atoms. The Kier molecular flexibility index (Phi) is 3.11. The molecule has 0 heterocycles. The fourth-order valence-electron chi connectivity index (χ4n) is 2.68. The fourth-order valence-corrected chi connectivity index (χ4v) is 2.68. The highest BCUT2D eigenvalue weighted by atomic mass is 14.0. The van der Waals surface area contributed by atoms with Gasteiger partial charge in [-0.25, -0.2) is 0 Å². The molecular formula is C22H13. The van der Waals surface area contributed by atoms with Crippen LogP contribution in [0.3, 0.4) is 0 Å². The van der Waals surface area contributed by atoms with E-state index in [2.05, 4.69) is 84.6 Å². The van der Waals surface area contributed by atoms with Crippen LogP contribution >= 0.6 is 0 Å². The van der Waals surface area contributed by atoms with Crippen molar-refractivity contribution in [3.05, 3.63) is 96.1 Å². The topological polar surface area (TPSA) is 0 Å². The van der Waals surface area contributed by atoms with Crippen LogP contribution in [0, 0.1) is 17.9 Å². The van der Waals surface area contributed by atoms with E-state index >= 15 is 0 Å². The summed E-state index contributed by atoms with van der Waals surface area (Å²) < 4.78 is 0. The quantitative estimate of drug-likeness (QED) is 0.388. The third-order valence-electron chi connectivity index (χ3n) is 3.82. The van der Waals surface area contributed by atoms with Crippen LogP contribution in [-0.4, -0.2) is 0 Å². The molecule has 0 aromatic heterocycles. The lowest BCUT2D eigenvalue weighted by Gasteiger charge is -2.00. The lowest BCUT2D eigenvalue weighted by molar-refractivity contribution is 1.67. The monoisotopic (exact) mass is 277 g/mol. The standard InChI is InChI=1S/C22H13/c1-2-8-21-16-17(12-14-18(21)6-1)13-15-20-10-5-9-19-7-3-4-11-22(19)20/h2-12,14,16H. The van der Waals surface area contributed by atoms with Gasteiger partial charge in [-0.2, -0.15) is 0 Å². The molecular weight excluding hydrogens is 264 g/mol. The minimum atomic E-state index is 1.03. The van der Waals surface area contributed by atoms with E-state index in [1.165, 1.54) is 21.5 Å². The minimum absolute atomic E-state index is 1.03. The van der Waals surface area contributed by atoms with Gasteiger partial charge in [-0.1, -0.05) is 66.4 Å². The van der Waals surface area contributed by atoms with Crippen molar-refractivity contribution in [2.45, 2.75) is 0 Å².